The molecule has 0 fully saturated rings. The van der Waals surface area contributed by atoms with Crippen LogP contribution in [0.25, 0.3) is 20.9 Å². The van der Waals surface area contributed by atoms with Crippen LogP contribution >= 0.6 is 11.3 Å². The molecule has 0 spiro atoms. The van der Waals surface area contributed by atoms with Crippen LogP contribution in [-0.2, 0) is 10.0 Å². The second kappa shape index (κ2) is 4.84. The van der Waals surface area contributed by atoms with Crippen molar-refractivity contribution in [3.63, 3.8) is 0 Å². The lowest BCUT2D eigenvalue weighted by Gasteiger charge is -2.04. The summed E-state index contributed by atoms with van der Waals surface area (Å²) in [5.74, 6) is 0. The summed E-state index contributed by atoms with van der Waals surface area (Å²) in [4.78, 5) is 9.62. The van der Waals surface area contributed by atoms with Gasteiger partial charge in [0, 0.05) is 17.4 Å². The Morgan fingerprint density at radius 3 is 2.80 bits per heavy atom. The number of benzene rings is 1. The van der Waals surface area contributed by atoms with E-state index in [1.54, 1.807) is 24.4 Å². The molecule has 0 aliphatic carbocycles. The summed E-state index contributed by atoms with van der Waals surface area (Å²) in [7, 11) is -3.28. The van der Waals surface area contributed by atoms with Crippen molar-refractivity contribution in [2.75, 3.05) is 11.0 Å². The summed E-state index contributed by atoms with van der Waals surface area (Å²) < 4.78 is 25.0. The highest BCUT2D eigenvalue weighted by molar-refractivity contribution is 7.92. The quantitative estimate of drug-likeness (QED) is 0.807. The Kier molecular flexibility index (Phi) is 3.15. The van der Waals surface area contributed by atoms with E-state index in [-0.39, 0.29) is 0 Å². The molecular weight excluding hydrogens is 294 g/mol. The van der Waals surface area contributed by atoms with Gasteiger partial charge in [0.25, 0.3) is 0 Å². The molecule has 5 nitrogen and oxygen atoms in total. The van der Waals surface area contributed by atoms with E-state index in [9.17, 15) is 8.42 Å². The first kappa shape index (κ1) is 13.0. The molecule has 0 radical (unpaired) electrons. The zero-order chi connectivity index (χ0) is 14.2. The first-order chi connectivity index (χ1) is 9.51. The molecule has 0 saturated heterocycles. The van der Waals surface area contributed by atoms with E-state index in [1.165, 1.54) is 11.3 Å². The molecule has 102 valence electrons. The zero-order valence-corrected chi connectivity index (χ0v) is 12.2. The largest absolute Gasteiger partial charge is 0.284 e. The van der Waals surface area contributed by atoms with Gasteiger partial charge in [-0.25, -0.2) is 18.4 Å². The fourth-order valence-electron chi connectivity index (χ4n) is 1.82. The van der Waals surface area contributed by atoms with Crippen molar-refractivity contribution in [2.24, 2.45) is 0 Å². The number of sulfonamides is 1. The average Bonchev–Trinajstić information content (AvgIpc) is 2.80. The second-order valence-electron chi connectivity index (χ2n) is 4.30. The summed E-state index contributed by atoms with van der Waals surface area (Å²) in [6, 6.07) is 10.9. The Hall–Kier alpha value is -1.99. The molecular formula is C13H11N3O2S2. The van der Waals surface area contributed by atoms with E-state index in [1.807, 2.05) is 18.2 Å². The third-order valence-corrected chi connectivity index (χ3v) is 4.21. The standard InChI is InChI=1S/C13H11N3O2S2/c1-20(17,18)16-10-5-2-4-9(8-10)12-15-11-6-3-7-14-13(11)19-12/h2-8,16H,1H3. The smallest absolute Gasteiger partial charge is 0.229 e. The molecule has 0 aliphatic heterocycles. The van der Waals surface area contributed by atoms with Crippen LogP contribution in [-0.4, -0.2) is 24.6 Å². The molecule has 1 aromatic carbocycles. The van der Waals surface area contributed by atoms with Gasteiger partial charge in [0.2, 0.25) is 10.0 Å². The maximum absolute atomic E-state index is 11.3. The zero-order valence-electron chi connectivity index (χ0n) is 10.6. The molecule has 3 aromatic rings. The molecule has 2 aromatic heterocycles. The van der Waals surface area contributed by atoms with Gasteiger partial charge in [0.15, 0.2) is 0 Å². The maximum Gasteiger partial charge on any atom is 0.229 e. The first-order valence-electron chi connectivity index (χ1n) is 5.81. The van der Waals surface area contributed by atoms with Crippen molar-refractivity contribution >= 4 is 37.4 Å². The van der Waals surface area contributed by atoms with Gasteiger partial charge >= 0.3 is 0 Å². The molecule has 1 N–H and O–H groups in total. The number of aromatic nitrogens is 2. The van der Waals surface area contributed by atoms with E-state index < -0.39 is 10.0 Å². The second-order valence-corrected chi connectivity index (χ2v) is 7.03. The van der Waals surface area contributed by atoms with Crippen LogP contribution < -0.4 is 4.72 Å². The predicted octanol–water partition coefficient (Wildman–Crippen LogP) is 2.73. The van der Waals surface area contributed by atoms with Gasteiger partial charge in [-0.2, -0.15) is 0 Å². The number of pyridine rings is 1. The van der Waals surface area contributed by atoms with Crippen molar-refractivity contribution in [1.29, 1.82) is 0 Å². The van der Waals surface area contributed by atoms with Crippen molar-refractivity contribution in [3.05, 3.63) is 42.6 Å². The molecule has 0 aliphatic rings. The summed E-state index contributed by atoms with van der Waals surface area (Å²) in [6.45, 7) is 0. The maximum atomic E-state index is 11.3. The topological polar surface area (TPSA) is 72.0 Å². The van der Waals surface area contributed by atoms with Crippen molar-refractivity contribution in [1.82, 2.24) is 9.97 Å². The van der Waals surface area contributed by atoms with E-state index in [0.29, 0.717) is 5.69 Å². The number of hydrogen-bond acceptors (Lipinski definition) is 5. The van der Waals surface area contributed by atoms with Crippen molar-refractivity contribution < 1.29 is 8.42 Å². The van der Waals surface area contributed by atoms with E-state index in [0.717, 1.165) is 27.2 Å². The number of nitrogens with one attached hydrogen (secondary N) is 1. The van der Waals surface area contributed by atoms with Gasteiger partial charge in [-0.1, -0.05) is 23.5 Å². The van der Waals surface area contributed by atoms with Crippen LogP contribution in [0, 0.1) is 0 Å². The molecule has 0 atom stereocenters. The Morgan fingerprint density at radius 2 is 2.05 bits per heavy atom. The van der Waals surface area contributed by atoms with Gasteiger partial charge < -0.3 is 0 Å². The number of rotatable bonds is 3. The van der Waals surface area contributed by atoms with Crippen molar-refractivity contribution in [3.8, 4) is 10.6 Å². The summed E-state index contributed by atoms with van der Waals surface area (Å²) in [5.41, 5.74) is 2.23. The number of hydrogen-bond donors (Lipinski definition) is 1. The summed E-state index contributed by atoms with van der Waals surface area (Å²) >= 11 is 1.48. The van der Waals surface area contributed by atoms with Gasteiger partial charge in [0.05, 0.1) is 6.26 Å². The van der Waals surface area contributed by atoms with Crippen LogP contribution in [0.3, 0.4) is 0 Å². The fraction of sp³-hybridized carbons (Fsp3) is 0.0769. The van der Waals surface area contributed by atoms with Gasteiger partial charge in [-0.3, -0.25) is 4.72 Å². The van der Waals surface area contributed by atoms with Gasteiger partial charge in [0.1, 0.15) is 15.4 Å². The number of thiazole rings is 1. The number of fused-ring (bicyclic) bond motifs is 1. The molecule has 3 rings (SSSR count). The monoisotopic (exact) mass is 305 g/mol. The van der Waals surface area contributed by atoms with Crippen LogP contribution in [0.4, 0.5) is 5.69 Å². The molecule has 2 heterocycles. The molecule has 0 bridgehead atoms. The number of nitrogens with zero attached hydrogens (tertiary/aromatic N) is 2. The third-order valence-electron chi connectivity index (χ3n) is 2.58. The van der Waals surface area contributed by atoms with Crippen LogP contribution in [0.5, 0.6) is 0 Å². The minimum Gasteiger partial charge on any atom is -0.284 e. The van der Waals surface area contributed by atoms with Crippen LogP contribution in [0.15, 0.2) is 42.6 Å². The lowest BCUT2D eigenvalue weighted by atomic mass is 10.2. The van der Waals surface area contributed by atoms with Crippen LogP contribution in [0.2, 0.25) is 0 Å². The first-order valence-corrected chi connectivity index (χ1v) is 8.52. The highest BCUT2D eigenvalue weighted by atomic mass is 32.2. The lowest BCUT2D eigenvalue weighted by molar-refractivity contribution is 0.607. The highest BCUT2D eigenvalue weighted by Gasteiger charge is 2.08. The minimum absolute atomic E-state index is 0.525. The normalized spacial score (nSPS) is 11.7. The van der Waals surface area contributed by atoms with Crippen LogP contribution in [0.1, 0.15) is 0 Å². The average molecular weight is 305 g/mol. The minimum atomic E-state index is -3.28. The Balaban J connectivity index is 2.03. The molecule has 0 amide bonds. The van der Waals surface area contributed by atoms with E-state index in [4.69, 9.17) is 0 Å². The lowest BCUT2D eigenvalue weighted by Crippen LogP contribution is -2.09. The van der Waals surface area contributed by atoms with E-state index >= 15 is 0 Å². The SMILES string of the molecule is CS(=O)(=O)Nc1cccc(-c2nc3cccnc3s2)c1. The molecule has 7 heteroatoms. The van der Waals surface area contributed by atoms with Gasteiger partial charge in [-0.15, -0.1) is 0 Å². The molecule has 0 saturated carbocycles. The Morgan fingerprint density at radius 1 is 1.20 bits per heavy atom. The summed E-state index contributed by atoms with van der Waals surface area (Å²) in [5, 5.41) is 0.816. The van der Waals surface area contributed by atoms with E-state index in [2.05, 4.69) is 14.7 Å². The Labute approximate surface area is 120 Å². The summed E-state index contributed by atoms with van der Waals surface area (Å²) in [6.07, 6.45) is 2.85. The molecule has 0 unspecified atom stereocenters. The predicted molar refractivity (Wildman–Crippen MR) is 81.3 cm³/mol. The number of anilines is 1. The highest BCUT2D eigenvalue weighted by Crippen LogP contribution is 2.30. The molecule has 20 heavy (non-hydrogen) atoms. The Bertz CT molecular complexity index is 839. The van der Waals surface area contributed by atoms with Gasteiger partial charge in [-0.05, 0) is 24.3 Å². The third kappa shape index (κ3) is 2.78. The fourth-order valence-corrected chi connectivity index (χ4v) is 3.28. The van der Waals surface area contributed by atoms with Crippen molar-refractivity contribution in [2.45, 2.75) is 0 Å².